The van der Waals surface area contributed by atoms with E-state index in [1.165, 1.54) is 23.8 Å². The number of esters is 1. The Balaban J connectivity index is 2.50. The highest BCUT2D eigenvalue weighted by Crippen LogP contribution is 2.44. The number of aromatic nitrogens is 2. The predicted molar refractivity (Wildman–Crippen MR) is 83.2 cm³/mol. The topological polar surface area (TPSA) is 139 Å². The van der Waals surface area contributed by atoms with Gasteiger partial charge >= 0.3 is 11.7 Å². The number of carbonyl (C=O) groups excluding carboxylic acids is 1. The van der Waals surface area contributed by atoms with Crippen LogP contribution in [0.25, 0.3) is 10.4 Å². The molecule has 0 aromatic carbocycles. The summed E-state index contributed by atoms with van der Waals surface area (Å²) in [6, 6.07) is 1.18. The van der Waals surface area contributed by atoms with E-state index in [0.29, 0.717) is 6.42 Å². The van der Waals surface area contributed by atoms with Crippen molar-refractivity contribution in [3.05, 3.63) is 43.5 Å². The number of H-pyrrole nitrogens is 1. The highest BCUT2D eigenvalue weighted by atomic mass is 16.6. The maximum absolute atomic E-state index is 12.1. The molecule has 10 nitrogen and oxygen atoms in total. The minimum Gasteiger partial charge on any atom is -0.457 e. The Bertz CT molecular complexity index is 780. The van der Waals surface area contributed by atoms with Crippen molar-refractivity contribution in [1.29, 1.82) is 0 Å². The molecule has 1 N–H and O–H groups in total. The van der Waals surface area contributed by atoms with Gasteiger partial charge in [0.1, 0.15) is 0 Å². The van der Waals surface area contributed by atoms with Gasteiger partial charge in [0, 0.05) is 30.0 Å². The third-order valence-electron chi connectivity index (χ3n) is 4.39. The van der Waals surface area contributed by atoms with Crippen molar-refractivity contribution in [3.8, 4) is 0 Å². The molecule has 1 aromatic heterocycles. The minimum absolute atomic E-state index is 0.0353. The summed E-state index contributed by atoms with van der Waals surface area (Å²) in [5, 5.41) is 3.60. The van der Waals surface area contributed by atoms with Gasteiger partial charge in [-0.1, -0.05) is 19.0 Å². The summed E-state index contributed by atoms with van der Waals surface area (Å²) >= 11 is 0. The van der Waals surface area contributed by atoms with Gasteiger partial charge in [0.2, 0.25) is 0 Å². The van der Waals surface area contributed by atoms with Gasteiger partial charge in [0.05, 0.1) is 12.1 Å². The molecule has 1 unspecified atom stereocenters. The second-order valence-electron chi connectivity index (χ2n) is 5.70. The van der Waals surface area contributed by atoms with Gasteiger partial charge < -0.3 is 9.47 Å². The SMILES string of the molecule is CC[C@@]1(CN=[N+]=[N-])O[C@@H](n2ccc(=O)[nH]c2=O)[C@@H](OC(C)=O)C1C. The summed E-state index contributed by atoms with van der Waals surface area (Å²) in [5.41, 5.74) is 6.52. The fraction of sp³-hybridized carbons (Fsp3) is 0.643. The molecule has 1 aromatic rings. The Hall–Kier alpha value is -2.58. The van der Waals surface area contributed by atoms with Crippen molar-refractivity contribution < 1.29 is 14.3 Å². The molecule has 1 aliphatic heterocycles. The van der Waals surface area contributed by atoms with Crippen LogP contribution in [0.1, 0.15) is 33.4 Å². The van der Waals surface area contributed by atoms with Crippen LogP contribution in [0.3, 0.4) is 0 Å². The van der Waals surface area contributed by atoms with Crippen LogP contribution in [0.5, 0.6) is 0 Å². The number of carbonyl (C=O) groups is 1. The van der Waals surface area contributed by atoms with Gasteiger partial charge in [-0.2, -0.15) is 0 Å². The van der Waals surface area contributed by atoms with Crippen molar-refractivity contribution in [3.63, 3.8) is 0 Å². The van der Waals surface area contributed by atoms with E-state index in [1.807, 2.05) is 6.92 Å². The Morgan fingerprint density at radius 3 is 2.83 bits per heavy atom. The standard InChI is InChI=1S/C14H19N5O5/c1-4-14(7-16-18-15)8(2)11(23-9(3)20)12(24-14)19-6-5-10(21)17-13(19)22/h5-6,8,11-12H,4,7H2,1-3H3,(H,17,21,22)/t8?,11-,12+,14-/m0/s1. The number of ether oxygens (including phenoxy) is 2. The normalized spacial score (nSPS) is 29.0. The van der Waals surface area contributed by atoms with Crippen LogP contribution in [-0.4, -0.2) is 33.8 Å². The lowest BCUT2D eigenvalue weighted by atomic mass is 9.85. The first-order chi connectivity index (χ1) is 11.3. The van der Waals surface area contributed by atoms with E-state index in [2.05, 4.69) is 15.0 Å². The molecule has 4 atom stereocenters. The van der Waals surface area contributed by atoms with E-state index in [4.69, 9.17) is 15.0 Å². The molecule has 0 aliphatic carbocycles. The second-order valence-corrected chi connectivity index (χ2v) is 5.70. The molecule has 24 heavy (non-hydrogen) atoms. The zero-order valence-electron chi connectivity index (χ0n) is 13.6. The number of hydrogen-bond donors (Lipinski definition) is 1. The van der Waals surface area contributed by atoms with Crippen LogP contribution in [0.2, 0.25) is 0 Å². The summed E-state index contributed by atoms with van der Waals surface area (Å²) in [4.78, 5) is 39.7. The summed E-state index contributed by atoms with van der Waals surface area (Å²) in [6.07, 6.45) is 0.0792. The molecule has 0 radical (unpaired) electrons. The lowest BCUT2D eigenvalue weighted by Crippen LogP contribution is -2.40. The number of nitrogens with zero attached hydrogens (tertiary/aromatic N) is 4. The van der Waals surface area contributed by atoms with Crippen molar-refractivity contribution >= 4 is 5.97 Å². The van der Waals surface area contributed by atoms with Crippen LogP contribution >= 0.6 is 0 Å². The van der Waals surface area contributed by atoms with Gasteiger partial charge in [-0.3, -0.25) is 19.1 Å². The maximum atomic E-state index is 12.1. The number of rotatable bonds is 5. The van der Waals surface area contributed by atoms with E-state index in [-0.39, 0.29) is 12.5 Å². The lowest BCUT2D eigenvalue weighted by molar-refractivity contribution is -0.154. The molecular formula is C14H19N5O5. The largest absolute Gasteiger partial charge is 0.457 e. The smallest absolute Gasteiger partial charge is 0.330 e. The predicted octanol–water partition coefficient (Wildman–Crippen LogP) is 1.09. The van der Waals surface area contributed by atoms with Gasteiger partial charge in [0.15, 0.2) is 12.3 Å². The summed E-state index contributed by atoms with van der Waals surface area (Å²) < 4.78 is 12.6. The molecule has 130 valence electrons. The van der Waals surface area contributed by atoms with Crippen molar-refractivity contribution in [2.45, 2.75) is 45.1 Å². The summed E-state index contributed by atoms with van der Waals surface area (Å²) in [7, 11) is 0. The molecule has 1 saturated heterocycles. The Morgan fingerprint density at radius 1 is 1.58 bits per heavy atom. The number of aromatic amines is 1. The monoisotopic (exact) mass is 337 g/mol. The molecule has 1 aliphatic rings. The minimum atomic E-state index is -0.929. The third kappa shape index (κ3) is 3.19. The molecule has 0 bridgehead atoms. The molecule has 2 heterocycles. The maximum Gasteiger partial charge on any atom is 0.330 e. The van der Waals surface area contributed by atoms with Gasteiger partial charge in [-0.15, -0.1) is 0 Å². The quantitative estimate of drug-likeness (QED) is 0.371. The lowest BCUT2D eigenvalue weighted by Gasteiger charge is -2.30. The van der Waals surface area contributed by atoms with Crippen molar-refractivity contribution in [1.82, 2.24) is 9.55 Å². The fourth-order valence-electron chi connectivity index (χ4n) is 3.01. The highest BCUT2D eigenvalue weighted by Gasteiger charge is 2.54. The van der Waals surface area contributed by atoms with E-state index in [1.54, 1.807) is 6.92 Å². The zero-order chi connectivity index (χ0) is 17.9. The first kappa shape index (κ1) is 17.8. The third-order valence-corrected chi connectivity index (χ3v) is 4.39. The van der Waals surface area contributed by atoms with Crippen LogP contribution in [0, 0.1) is 5.92 Å². The van der Waals surface area contributed by atoms with Crippen molar-refractivity contribution in [2.24, 2.45) is 11.0 Å². The highest BCUT2D eigenvalue weighted by molar-refractivity contribution is 5.66. The molecular weight excluding hydrogens is 318 g/mol. The van der Waals surface area contributed by atoms with Crippen LogP contribution in [0.15, 0.2) is 27.0 Å². The van der Waals surface area contributed by atoms with Crippen LogP contribution < -0.4 is 11.2 Å². The van der Waals surface area contributed by atoms with Gasteiger partial charge in [-0.05, 0) is 12.0 Å². The van der Waals surface area contributed by atoms with E-state index < -0.39 is 35.2 Å². The van der Waals surface area contributed by atoms with Gasteiger partial charge in [0.25, 0.3) is 5.56 Å². The average molecular weight is 337 g/mol. The second kappa shape index (κ2) is 6.90. The Labute approximate surface area is 137 Å². The number of azide groups is 1. The van der Waals surface area contributed by atoms with E-state index in [9.17, 15) is 14.4 Å². The summed E-state index contributed by atoms with van der Waals surface area (Å²) in [5.74, 6) is -0.852. The van der Waals surface area contributed by atoms with E-state index >= 15 is 0 Å². The Kier molecular flexibility index (Phi) is 5.10. The van der Waals surface area contributed by atoms with Crippen LogP contribution in [0.4, 0.5) is 0 Å². The molecule has 10 heteroatoms. The Morgan fingerprint density at radius 2 is 2.29 bits per heavy atom. The summed E-state index contributed by atoms with van der Waals surface area (Å²) in [6.45, 7) is 4.96. The molecule has 0 amide bonds. The van der Waals surface area contributed by atoms with Crippen LogP contribution in [-0.2, 0) is 14.3 Å². The number of hydrogen-bond acceptors (Lipinski definition) is 6. The molecule has 1 fully saturated rings. The molecule has 2 rings (SSSR count). The first-order valence-electron chi connectivity index (χ1n) is 7.52. The van der Waals surface area contributed by atoms with Gasteiger partial charge in [-0.25, -0.2) is 4.79 Å². The van der Waals surface area contributed by atoms with Crippen molar-refractivity contribution in [2.75, 3.05) is 6.54 Å². The zero-order valence-corrected chi connectivity index (χ0v) is 13.6. The number of nitrogens with one attached hydrogen (secondary N) is 1. The molecule has 0 saturated carbocycles. The van der Waals surface area contributed by atoms with E-state index in [0.717, 1.165) is 0 Å². The molecule has 0 spiro atoms. The fourth-order valence-corrected chi connectivity index (χ4v) is 3.01. The first-order valence-corrected chi connectivity index (χ1v) is 7.52. The average Bonchev–Trinajstić information content (AvgIpc) is 2.79.